The van der Waals surface area contributed by atoms with Gasteiger partial charge in [0.2, 0.25) is 0 Å². The second-order valence-corrected chi connectivity index (χ2v) is 19.4. The number of aliphatic carboxylic acids is 5. The molecule has 0 aromatic rings. The molecule has 8 bridgehead atoms. The van der Waals surface area contributed by atoms with E-state index in [0.717, 1.165) is 0 Å². The Kier molecular flexibility index (Phi) is 14.8. The van der Waals surface area contributed by atoms with Gasteiger partial charge in [-0.3, -0.25) is 19.8 Å². The summed E-state index contributed by atoms with van der Waals surface area (Å²) in [7, 11) is 0. The van der Waals surface area contributed by atoms with Gasteiger partial charge in [0.1, 0.15) is 0 Å². The predicted molar refractivity (Wildman–Crippen MR) is 217 cm³/mol. The molecule has 4 N–H and O–H groups in total. The Balaban J connectivity index is 0.00000898. The fourth-order valence-corrected chi connectivity index (χ4v) is 11.8. The van der Waals surface area contributed by atoms with Crippen LogP contribution in [0, 0.1) is 56.2 Å². The van der Waals surface area contributed by atoms with E-state index in [9.17, 15) is 59.7 Å². The monoisotopic (exact) mass is 931 g/mol. The summed E-state index contributed by atoms with van der Waals surface area (Å²) in [6, 6.07) is -1.16. The number of carboxylic acids is 5. The van der Waals surface area contributed by atoms with Crippen molar-refractivity contribution in [3.63, 3.8) is 0 Å². The van der Waals surface area contributed by atoms with Crippen LogP contribution in [0.3, 0.4) is 0 Å². The Morgan fingerprint density at radius 3 is 1.75 bits per heavy atom. The second kappa shape index (κ2) is 18.4. The maximum absolute atomic E-state index is 13.2. The number of carbonyl (C=O) groups is 5. The molecule has 353 valence electrons. The molecule has 5 aliphatic rings. The molecule has 5 rings (SSSR count). The molecule has 0 saturated carbocycles. The van der Waals surface area contributed by atoms with Gasteiger partial charge in [-0.1, -0.05) is 34.6 Å². The Morgan fingerprint density at radius 1 is 0.734 bits per heavy atom. The minimum atomic E-state index is -1.63. The summed E-state index contributed by atoms with van der Waals surface area (Å²) < 4.78 is 0. The topological polar surface area (TPSA) is 341 Å². The number of rotatable bonds is 18. The smallest absolute Gasteiger partial charge is 0.303 e. The molecule has 19 heteroatoms. The Morgan fingerprint density at radius 2 is 1.25 bits per heavy atom. The van der Waals surface area contributed by atoms with Gasteiger partial charge >= 0.3 is 5.97 Å². The molecule has 18 nitrogen and oxygen atoms in total. The maximum Gasteiger partial charge on any atom is 0.303 e. The first kappa shape index (κ1) is 51.5. The third-order valence-corrected chi connectivity index (χ3v) is 15.3. The van der Waals surface area contributed by atoms with Crippen molar-refractivity contribution in [1.29, 1.82) is 10.8 Å². The van der Waals surface area contributed by atoms with Crippen molar-refractivity contribution >= 4 is 58.8 Å². The largest absolute Gasteiger partial charge is 0.862 e. The van der Waals surface area contributed by atoms with Gasteiger partial charge in [-0.2, -0.15) is 0 Å². The number of nitrogens with zero attached hydrogens (tertiary/aromatic N) is 3. The zero-order valence-corrected chi connectivity index (χ0v) is 38.4. The molecule has 0 unspecified atom stereocenters. The SMILES string of the molecule is CC1=C2N=C(C=C3NC(=C(C)C4=N[C@@](C)([C@@H]5N=C1[C@](C)(CCC(=O)[O-])[C@H]5CC(=O)O)[C@@](C)(CC(=N)[O-])[C@@H]4CCC(=O)[O-])[C@@](C)(CC(=N)[O-])[C@@H]3CCC(=O)[O-])C(C)(C)[C@@H]2CCC(=O)[O-].[Co]. The van der Waals surface area contributed by atoms with E-state index in [0.29, 0.717) is 33.9 Å². The molecule has 0 amide bonds. The Bertz CT molecular complexity index is 2230. The molecule has 1 fully saturated rings. The fraction of sp³-hybridized carbons (Fsp3) is 0.644. The molecule has 1 radical (unpaired) electrons. The molecular formula is C45H56CoN6O12-6. The van der Waals surface area contributed by atoms with E-state index in [1.165, 1.54) is 0 Å². The Hall–Kier alpha value is -5.17. The maximum atomic E-state index is 13.2. The van der Waals surface area contributed by atoms with Gasteiger partial charge in [0, 0.05) is 120 Å². The molecule has 5 heterocycles. The first-order valence-corrected chi connectivity index (χ1v) is 21.2. The number of carboxylic acid groups (broad SMARTS) is 5. The zero-order chi connectivity index (χ0) is 47.4. The number of nitrogens with one attached hydrogen (secondary N) is 3. The van der Waals surface area contributed by atoms with Crippen molar-refractivity contribution < 1.29 is 76.5 Å². The van der Waals surface area contributed by atoms with Gasteiger partial charge in [0.25, 0.3) is 0 Å². The normalized spacial score (nSPS) is 32.5. The van der Waals surface area contributed by atoms with Gasteiger partial charge in [-0.15, -0.1) is 0 Å². The summed E-state index contributed by atoms with van der Waals surface area (Å²) in [5.41, 5.74) is -3.82. The fourth-order valence-electron chi connectivity index (χ4n) is 11.8. The van der Waals surface area contributed by atoms with Crippen LogP contribution in [-0.4, -0.2) is 75.5 Å². The van der Waals surface area contributed by atoms with Crippen LogP contribution >= 0.6 is 0 Å². The quantitative estimate of drug-likeness (QED) is 0.0956. The molecule has 5 aliphatic heterocycles. The minimum absolute atomic E-state index is 0. The van der Waals surface area contributed by atoms with Crippen molar-refractivity contribution in [3.8, 4) is 0 Å². The molecule has 0 aromatic heterocycles. The summed E-state index contributed by atoms with van der Waals surface area (Å²) in [5.74, 6) is -12.2. The molecule has 64 heavy (non-hydrogen) atoms. The van der Waals surface area contributed by atoms with Crippen LogP contribution in [0.25, 0.3) is 0 Å². The number of carbonyl (C=O) groups excluding carboxylic acids is 4. The summed E-state index contributed by atoms with van der Waals surface area (Å²) in [6.07, 6.45) is -2.00. The van der Waals surface area contributed by atoms with Crippen molar-refractivity contribution in [3.05, 3.63) is 34.3 Å². The molecular weight excluding hydrogens is 875 g/mol. The predicted octanol–water partition coefficient (Wildman–Crippen LogP) is -0.916. The van der Waals surface area contributed by atoms with E-state index in [-0.39, 0.29) is 60.3 Å². The van der Waals surface area contributed by atoms with E-state index in [2.05, 4.69) is 5.32 Å². The first-order chi connectivity index (χ1) is 29.0. The number of hydrogen-bond donors (Lipinski definition) is 4. The molecule has 0 aromatic carbocycles. The molecule has 0 spiro atoms. The summed E-state index contributed by atoms with van der Waals surface area (Å²) >= 11 is 0. The van der Waals surface area contributed by atoms with Gasteiger partial charge in [0.15, 0.2) is 0 Å². The van der Waals surface area contributed by atoms with Crippen LogP contribution < -0.4 is 36.0 Å². The van der Waals surface area contributed by atoms with Crippen LogP contribution in [0.2, 0.25) is 0 Å². The first-order valence-electron chi connectivity index (χ1n) is 21.2. The molecule has 0 aliphatic carbocycles. The third kappa shape index (κ3) is 9.06. The summed E-state index contributed by atoms with van der Waals surface area (Å²) in [4.78, 5) is 77.2. The Labute approximate surface area is 382 Å². The van der Waals surface area contributed by atoms with E-state index in [1.54, 1.807) is 47.6 Å². The van der Waals surface area contributed by atoms with Crippen LogP contribution in [0.1, 0.15) is 126 Å². The number of hydrogen-bond acceptors (Lipinski definition) is 17. The second-order valence-electron chi connectivity index (χ2n) is 19.4. The van der Waals surface area contributed by atoms with Crippen LogP contribution in [-0.2, 0) is 40.8 Å². The van der Waals surface area contributed by atoms with Crippen LogP contribution in [0.4, 0.5) is 0 Å². The number of fused-ring (bicyclic) bond motifs is 6. The van der Waals surface area contributed by atoms with Gasteiger partial charge in [0.05, 0.1) is 18.0 Å². The van der Waals surface area contributed by atoms with Gasteiger partial charge in [-0.25, -0.2) is 0 Å². The van der Waals surface area contributed by atoms with Crippen molar-refractivity contribution in [2.75, 3.05) is 0 Å². The summed E-state index contributed by atoms with van der Waals surface area (Å²) in [5, 5.41) is 105. The number of allylic oxidation sites excluding steroid dienone is 6. The van der Waals surface area contributed by atoms with Gasteiger partial charge in [-0.05, 0) is 114 Å². The van der Waals surface area contributed by atoms with E-state index < -0.39 is 137 Å². The standard InChI is InChI=1S/C45H62N6O12.Co/c1-21-36-24(10-13-32(56)57)41(3,4)28(49-36)18-27-23(9-12-31(54)55)43(6,19-29(46)52)39(48-27)22(2)37-25(11-14-33(58)59)44(7,20-30(47)53)45(8,51-37)40-26(17-35(62)63)42(5,38(21)50-40)16-15-34(60)61;/h18,23-26,40,48H,9-17,19-20H2,1-8H3,(H2,46,52)(H2,47,53)(H,54,55)(H,56,57)(H,58,59)(H,60,61)(H,62,63);/p-6/t23-,24-,25-,26+,40-,42-,43+,44+,45+;/m1./s1. The van der Waals surface area contributed by atoms with Crippen LogP contribution in [0.15, 0.2) is 49.3 Å². The molecule has 9 atom stereocenters. The molecule has 1 saturated heterocycles. The minimum Gasteiger partial charge on any atom is -0.862 e. The third-order valence-electron chi connectivity index (χ3n) is 15.3. The van der Waals surface area contributed by atoms with E-state index in [1.807, 2.05) is 13.8 Å². The summed E-state index contributed by atoms with van der Waals surface area (Å²) in [6.45, 7) is 13.8. The van der Waals surface area contributed by atoms with E-state index >= 15 is 0 Å². The average Bonchev–Trinajstić information content (AvgIpc) is 3.75. The number of aliphatic imine (C=N–C) groups is 3. The van der Waals surface area contributed by atoms with Crippen LogP contribution in [0.5, 0.6) is 0 Å². The van der Waals surface area contributed by atoms with Crippen molar-refractivity contribution in [2.24, 2.45) is 60.3 Å². The van der Waals surface area contributed by atoms with Gasteiger partial charge < -0.3 is 71.1 Å². The van der Waals surface area contributed by atoms with Crippen molar-refractivity contribution in [1.82, 2.24) is 5.32 Å². The van der Waals surface area contributed by atoms with Crippen molar-refractivity contribution in [2.45, 2.75) is 138 Å². The average molecular weight is 932 g/mol. The van der Waals surface area contributed by atoms with E-state index in [4.69, 9.17) is 25.8 Å². The zero-order valence-electron chi connectivity index (χ0n) is 37.4.